The number of halogens is 1. The number of hydrogen-bond donors (Lipinski definition) is 1. The molecule has 0 saturated heterocycles. The number of hydrogen-bond acceptors (Lipinski definition) is 3. The van der Waals surface area contributed by atoms with E-state index in [1.807, 2.05) is 13.8 Å². The Morgan fingerprint density at radius 1 is 1.44 bits per heavy atom. The van der Waals surface area contributed by atoms with Crippen LogP contribution in [-0.2, 0) is 6.54 Å². The van der Waals surface area contributed by atoms with Crippen LogP contribution in [0.5, 0.6) is 0 Å². The third kappa shape index (κ3) is 2.40. The average molecular weight is 267 g/mol. The molecule has 4 nitrogen and oxygen atoms in total. The summed E-state index contributed by atoms with van der Waals surface area (Å²) >= 11 is 6.05. The molecule has 0 radical (unpaired) electrons. The highest BCUT2D eigenvalue weighted by Crippen LogP contribution is 2.20. The van der Waals surface area contributed by atoms with Crippen LogP contribution in [-0.4, -0.2) is 21.5 Å². The van der Waals surface area contributed by atoms with Crippen molar-refractivity contribution in [1.29, 1.82) is 0 Å². The Hall–Kier alpha value is -1.39. The van der Waals surface area contributed by atoms with Crippen LogP contribution in [0.4, 0.5) is 0 Å². The quantitative estimate of drug-likeness (QED) is 0.925. The number of fused-ring (bicyclic) bond motifs is 1. The topological polar surface area (TPSA) is 55.1 Å². The highest BCUT2D eigenvalue weighted by molar-refractivity contribution is 6.35. The molecule has 0 saturated carbocycles. The molecule has 0 bridgehead atoms. The zero-order valence-electron chi connectivity index (χ0n) is 10.4. The van der Waals surface area contributed by atoms with Crippen molar-refractivity contribution < 1.29 is 5.11 Å². The van der Waals surface area contributed by atoms with E-state index < -0.39 is 5.41 Å². The molecular weight excluding hydrogens is 252 g/mol. The van der Waals surface area contributed by atoms with Crippen molar-refractivity contribution in [3.63, 3.8) is 0 Å². The van der Waals surface area contributed by atoms with Gasteiger partial charge in [0.05, 0.1) is 23.2 Å². The van der Waals surface area contributed by atoms with Crippen LogP contribution in [0.2, 0.25) is 5.02 Å². The van der Waals surface area contributed by atoms with Crippen molar-refractivity contribution in [2.45, 2.75) is 20.4 Å². The molecule has 0 spiro atoms. The molecule has 0 amide bonds. The van der Waals surface area contributed by atoms with Gasteiger partial charge in [-0.2, -0.15) is 5.10 Å². The van der Waals surface area contributed by atoms with Gasteiger partial charge >= 0.3 is 0 Å². The molecule has 0 aliphatic rings. The highest BCUT2D eigenvalue weighted by atomic mass is 35.5. The van der Waals surface area contributed by atoms with Crippen molar-refractivity contribution in [3.8, 4) is 0 Å². The Labute approximate surface area is 110 Å². The molecule has 0 aliphatic carbocycles. The average Bonchev–Trinajstić information content (AvgIpc) is 2.33. The second-order valence-corrected chi connectivity index (χ2v) is 5.54. The van der Waals surface area contributed by atoms with Crippen LogP contribution in [0.3, 0.4) is 0 Å². The Bertz CT molecular complexity index is 634. The number of aliphatic hydroxyl groups is 1. The van der Waals surface area contributed by atoms with Gasteiger partial charge in [0.2, 0.25) is 0 Å². The number of nitrogens with zero attached hydrogens (tertiary/aromatic N) is 2. The largest absolute Gasteiger partial charge is 0.396 e. The van der Waals surface area contributed by atoms with Gasteiger partial charge in [0, 0.05) is 17.4 Å². The third-order valence-corrected chi connectivity index (χ3v) is 3.15. The minimum Gasteiger partial charge on any atom is -0.396 e. The summed E-state index contributed by atoms with van der Waals surface area (Å²) in [5, 5.41) is 15.0. The Morgan fingerprint density at radius 2 is 2.17 bits per heavy atom. The monoisotopic (exact) mass is 266 g/mol. The zero-order valence-corrected chi connectivity index (χ0v) is 11.1. The zero-order chi connectivity index (χ0) is 13.3. The summed E-state index contributed by atoms with van der Waals surface area (Å²) in [6, 6.07) is 5.28. The van der Waals surface area contributed by atoms with Gasteiger partial charge < -0.3 is 5.11 Å². The standard InChI is InChI=1S/C13H15ClN2O2/c1-13(2,8-17)7-16-12(18)11-9(6-15-16)4-3-5-10(11)14/h3-6,17H,7-8H2,1-2H3. The maximum Gasteiger partial charge on any atom is 0.276 e. The van der Waals surface area contributed by atoms with Crippen molar-refractivity contribution in [2.75, 3.05) is 6.61 Å². The lowest BCUT2D eigenvalue weighted by molar-refractivity contribution is 0.135. The first-order valence-corrected chi connectivity index (χ1v) is 6.08. The Balaban J connectivity index is 2.58. The number of aromatic nitrogens is 2. The van der Waals surface area contributed by atoms with Gasteiger partial charge in [-0.15, -0.1) is 0 Å². The lowest BCUT2D eigenvalue weighted by Gasteiger charge is -2.21. The van der Waals surface area contributed by atoms with Gasteiger partial charge in [-0.1, -0.05) is 37.6 Å². The molecule has 18 heavy (non-hydrogen) atoms. The molecule has 0 unspecified atom stereocenters. The van der Waals surface area contributed by atoms with E-state index >= 15 is 0 Å². The van der Waals surface area contributed by atoms with Crippen LogP contribution in [0, 0.1) is 5.41 Å². The van der Waals surface area contributed by atoms with E-state index in [4.69, 9.17) is 11.6 Å². The van der Waals surface area contributed by atoms with Gasteiger partial charge in [-0.3, -0.25) is 4.79 Å². The summed E-state index contributed by atoms with van der Waals surface area (Å²) in [6.45, 7) is 4.08. The van der Waals surface area contributed by atoms with E-state index in [9.17, 15) is 9.90 Å². The fraction of sp³-hybridized carbons (Fsp3) is 0.385. The van der Waals surface area contributed by atoms with E-state index in [0.717, 1.165) is 5.39 Å². The third-order valence-electron chi connectivity index (χ3n) is 2.84. The lowest BCUT2D eigenvalue weighted by Crippen LogP contribution is -2.32. The van der Waals surface area contributed by atoms with E-state index in [1.165, 1.54) is 4.68 Å². The molecule has 96 valence electrons. The van der Waals surface area contributed by atoms with Crippen molar-refractivity contribution >= 4 is 22.4 Å². The fourth-order valence-corrected chi connectivity index (χ4v) is 2.02. The van der Waals surface area contributed by atoms with Crippen molar-refractivity contribution in [1.82, 2.24) is 9.78 Å². The Kier molecular flexibility index (Phi) is 3.41. The number of benzene rings is 1. The van der Waals surface area contributed by atoms with Crippen LogP contribution in [0.1, 0.15) is 13.8 Å². The molecule has 1 N–H and O–H groups in total. The first kappa shape index (κ1) is 13.1. The molecule has 0 atom stereocenters. The summed E-state index contributed by atoms with van der Waals surface area (Å²) < 4.78 is 1.35. The summed E-state index contributed by atoms with van der Waals surface area (Å²) in [5.74, 6) is 0. The van der Waals surface area contributed by atoms with Gasteiger partial charge in [-0.05, 0) is 6.07 Å². The predicted octanol–water partition coefficient (Wildman–Crippen LogP) is 2.07. The van der Waals surface area contributed by atoms with Crippen LogP contribution in [0.25, 0.3) is 10.8 Å². The first-order chi connectivity index (χ1) is 8.44. The fourth-order valence-electron chi connectivity index (χ4n) is 1.76. The summed E-state index contributed by atoms with van der Waals surface area (Å²) in [6.07, 6.45) is 1.62. The highest BCUT2D eigenvalue weighted by Gasteiger charge is 2.19. The van der Waals surface area contributed by atoms with Gasteiger partial charge in [-0.25, -0.2) is 4.68 Å². The molecule has 1 aromatic heterocycles. The van der Waals surface area contributed by atoms with Gasteiger partial charge in [0.15, 0.2) is 0 Å². The second-order valence-electron chi connectivity index (χ2n) is 5.13. The van der Waals surface area contributed by atoms with Crippen molar-refractivity contribution in [3.05, 3.63) is 39.8 Å². The summed E-state index contributed by atoms with van der Waals surface area (Å²) in [4.78, 5) is 12.3. The number of aliphatic hydroxyl groups excluding tert-OH is 1. The van der Waals surface area contributed by atoms with Crippen molar-refractivity contribution in [2.24, 2.45) is 5.41 Å². The Morgan fingerprint density at radius 3 is 2.83 bits per heavy atom. The molecule has 0 fully saturated rings. The van der Waals surface area contributed by atoms with Crippen LogP contribution in [0.15, 0.2) is 29.2 Å². The van der Waals surface area contributed by atoms with E-state index in [0.29, 0.717) is 17.0 Å². The predicted molar refractivity (Wildman–Crippen MR) is 71.9 cm³/mol. The van der Waals surface area contributed by atoms with E-state index in [2.05, 4.69) is 5.10 Å². The van der Waals surface area contributed by atoms with Crippen LogP contribution < -0.4 is 5.56 Å². The van der Waals surface area contributed by atoms with Crippen LogP contribution >= 0.6 is 11.6 Å². The molecule has 2 aromatic rings. The lowest BCUT2D eigenvalue weighted by atomic mass is 9.95. The second kappa shape index (κ2) is 4.71. The molecule has 0 aliphatic heterocycles. The molecule has 2 rings (SSSR count). The summed E-state index contributed by atoms with van der Waals surface area (Å²) in [5.41, 5.74) is -0.620. The molecule has 5 heteroatoms. The number of rotatable bonds is 3. The van der Waals surface area contributed by atoms with Gasteiger partial charge in [0.25, 0.3) is 5.56 Å². The SMILES string of the molecule is CC(C)(CO)Cn1ncc2cccc(Cl)c2c1=O. The minimum atomic E-state index is -0.397. The first-order valence-electron chi connectivity index (χ1n) is 5.70. The molecule has 1 aromatic carbocycles. The smallest absolute Gasteiger partial charge is 0.276 e. The van der Waals surface area contributed by atoms with Gasteiger partial charge in [0.1, 0.15) is 0 Å². The normalized spacial score (nSPS) is 12.0. The maximum atomic E-state index is 12.3. The summed E-state index contributed by atoms with van der Waals surface area (Å²) in [7, 11) is 0. The molecule has 1 heterocycles. The maximum absolute atomic E-state index is 12.3. The van der Waals surface area contributed by atoms with E-state index in [1.54, 1.807) is 24.4 Å². The minimum absolute atomic E-state index is 0.0122. The molecular formula is C13H15ClN2O2. The van der Waals surface area contributed by atoms with E-state index in [-0.39, 0.29) is 12.2 Å².